The van der Waals surface area contributed by atoms with E-state index in [2.05, 4.69) is 22.0 Å². The average Bonchev–Trinajstić information content (AvgIpc) is 2.34. The van der Waals surface area contributed by atoms with Gasteiger partial charge in [-0.3, -0.25) is 0 Å². The molecule has 2 rings (SSSR count). The molecule has 3 nitrogen and oxygen atoms in total. The average molecular weight is 274 g/mol. The first kappa shape index (κ1) is 12.9. The van der Waals surface area contributed by atoms with Crippen LogP contribution in [0.2, 0.25) is 10.3 Å². The summed E-state index contributed by atoms with van der Waals surface area (Å²) in [5.41, 5.74) is 0.918. The molecule has 1 aromatic heterocycles. The second kappa shape index (κ2) is 5.87. The molecule has 0 atom stereocenters. The number of hydrogen-bond donors (Lipinski definition) is 0. The van der Waals surface area contributed by atoms with Crippen molar-refractivity contribution in [1.82, 2.24) is 10.2 Å². The highest BCUT2D eigenvalue weighted by atomic mass is 35.5. The number of hydrogen-bond acceptors (Lipinski definition) is 3. The maximum Gasteiger partial charge on any atom is 0.175 e. The smallest absolute Gasteiger partial charge is 0.175 e. The molecule has 0 N–H and O–H groups in total. The lowest BCUT2D eigenvalue weighted by Crippen LogP contribution is -2.34. The van der Waals surface area contributed by atoms with Crippen LogP contribution in [0.25, 0.3) is 0 Å². The molecular weight excluding hydrogens is 257 g/mol. The van der Waals surface area contributed by atoms with Crippen molar-refractivity contribution >= 4 is 28.9 Å². The van der Waals surface area contributed by atoms with Crippen LogP contribution in [0.1, 0.15) is 32.6 Å². The van der Waals surface area contributed by atoms with E-state index in [1.54, 1.807) is 6.07 Å². The van der Waals surface area contributed by atoms with E-state index in [1.165, 1.54) is 25.7 Å². The van der Waals surface area contributed by atoms with E-state index in [9.17, 15) is 0 Å². The summed E-state index contributed by atoms with van der Waals surface area (Å²) in [6.45, 7) is 4.31. The van der Waals surface area contributed by atoms with E-state index in [0.29, 0.717) is 10.3 Å². The number of piperidine rings is 1. The zero-order chi connectivity index (χ0) is 12.3. The van der Waals surface area contributed by atoms with Gasteiger partial charge in [-0.05, 0) is 18.8 Å². The van der Waals surface area contributed by atoms with Gasteiger partial charge in [-0.1, -0.05) is 43.0 Å². The Kier molecular flexibility index (Phi) is 4.46. The van der Waals surface area contributed by atoms with Crippen LogP contribution < -0.4 is 4.90 Å². The maximum atomic E-state index is 6.05. The lowest BCUT2D eigenvalue weighted by Gasteiger charge is -2.33. The van der Waals surface area contributed by atoms with Gasteiger partial charge in [0.1, 0.15) is 0 Å². The van der Waals surface area contributed by atoms with Gasteiger partial charge in [0.15, 0.2) is 10.3 Å². The molecule has 0 saturated carbocycles. The summed E-state index contributed by atoms with van der Waals surface area (Å²) < 4.78 is 0. The fourth-order valence-corrected chi connectivity index (χ4v) is 2.79. The van der Waals surface area contributed by atoms with Crippen LogP contribution in [0.4, 0.5) is 5.69 Å². The van der Waals surface area contributed by atoms with Crippen LogP contribution in [-0.4, -0.2) is 23.3 Å². The molecule has 0 unspecified atom stereocenters. The zero-order valence-electron chi connectivity index (χ0n) is 9.99. The third-order valence-electron chi connectivity index (χ3n) is 3.35. The van der Waals surface area contributed by atoms with Crippen molar-refractivity contribution in [3.05, 3.63) is 16.4 Å². The highest BCUT2D eigenvalue weighted by Gasteiger charge is 2.21. The standard InChI is InChI=1S/C12H17Cl2N3/c1-2-3-9-4-6-17(7-5-9)10-8-11(13)15-16-12(10)14/h8-9H,2-7H2,1H3. The monoisotopic (exact) mass is 273 g/mol. The molecule has 0 aliphatic carbocycles. The molecule has 2 heterocycles. The van der Waals surface area contributed by atoms with Crippen molar-refractivity contribution in [2.75, 3.05) is 18.0 Å². The molecule has 0 spiro atoms. The third kappa shape index (κ3) is 3.23. The molecule has 0 aromatic carbocycles. The predicted octanol–water partition coefficient (Wildman–Crippen LogP) is 3.80. The van der Waals surface area contributed by atoms with Crippen molar-refractivity contribution in [1.29, 1.82) is 0 Å². The molecule has 1 aliphatic heterocycles. The van der Waals surface area contributed by atoms with Gasteiger partial charge < -0.3 is 4.90 Å². The fourth-order valence-electron chi connectivity index (χ4n) is 2.44. The first-order valence-corrected chi connectivity index (χ1v) is 6.90. The number of aromatic nitrogens is 2. The third-order valence-corrected chi connectivity index (χ3v) is 3.81. The number of halogens is 2. The van der Waals surface area contributed by atoms with Gasteiger partial charge in [0.25, 0.3) is 0 Å². The maximum absolute atomic E-state index is 6.05. The second-order valence-electron chi connectivity index (χ2n) is 4.56. The van der Waals surface area contributed by atoms with Gasteiger partial charge in [0.05, 0.1) is 5.69 Å². The van der Waals surface area contributed by atoms with Crippen molar-refractivity contribution in [2.45, 2.75) is 32.6 Å². The summed E-state index contributed by atoms with van der Waals surface area (Å²) in [4.78, 5) is 2.26. The van der Waals surface area contributed by atoms with Crippen molar-refractivity contribution in [3.63, 3.8) is 0 Å². The molecular formula is C12H17Cl2N3. The molecule has 1 saturated heterocycles. The Morgan fingerprint density at radius 1 is 1.29 bits per heavy atom. The van der Waals surface area contributed by atoms with Gasteiger partial charge in [-0.25, -0.2) is 0 Å². The van der Waals surface area contributed by atoms with E-state index >= 15 is 0 Å². The molecule has 94 valence electrons. The molecule has 0 radical (unpaired) electrons. The minimum Gasteiger partial charge on any atom is -0.369 e. The Morgan fingerprint density at radius 3 is 2.65 bits per heavy atom. The Hall–Kier alpha value is -0.540. The van der Waals surface area contributed by atoms with Gasteiger partial charge in [-0.2, -0.15) is 0 Å². The minimum absolute atomic E-state index is 0.403. The van der Waals surface area contributed by atoms with Gasteiger partial charge in [0.2, 0.25) is 0 Å². The van der Waals surface area contributed by atoms with Crippen molar-refractivity contribution in [2.24, 2.45) is 5.92 Å². The van der Waals surface area contributed by atoms with E-state index in [1.807, 2.05) is 0 Å². The first-order valence-electron chi connectivity index (χ1n) is 6.14. The Morgan fingerprint density at radius 2 is 2.00 bits per heavy atom. The van der Waals surface area contributed by atoms with E-state index < -0.39 is 0 Å². The molecule has 1 fully saturated rings. The van der Waals surface area contributed by atoms with E-state index in [-0.39, 0.29) is 0 Å². The van der Waals surface area contributed by atoms with Crippen molar-refractivity contribution < 1.29 is 0 Å². The van der Waals surface area contributed by atoms with E-state index in [0.717, 1.165) is 24.7 Å². The van der Waals surface area contributed by atoms with Crippen LogP contribution in [0, 0.1) is 5.92 Å². The summed E-state index contributed by atoms with van der Waals surface area (Å²) in [6, 6.07) is 1.80. The van der Waals surface area contributed by atoms with Crippen LogP contribution in [0.5, 0.6) is 0 Å². The SMILES string of the molecule is CCCC1CCN(c2cc(Cl)nnc2Cl)CC1. The highest BCUT2D eigenvalue weighted by Crippen LogP contribution is 2.30. The summed E-state index contributed by atoms with van der Waals surface area (Å²) in [5.74, 6) is 0.861. The number of anilines is 1. The first-order chi connectivity index (χ1) is 8.20. The Balaban J connectivity index is 2.02. The summed E-state index contributed by atoms with van der Waals surface area (Å²) in [7, 11) is 0. The van der Waals surface area contributed by atoms with Crippen LogP contribution in [0.15, 0.2) is 6.07 Å². The topological polar surface area (TPSA) is 29.0 Å². The summed E-state index contributed by atoms with van der Waals surface area (Å²) >= 11 is 11.9. The van der Waals surface area contributed by atoms with Gasteiger partial charge in [0, 0.05) is 19.2 Å². The van der Waals surface area contributed by atoms with Crippen LogP contribution >= 0.6 is 23.2 Å². The molecule has 5 heteroatoms. The lowest BCUT2D eigenvalue weighted by atomic mass is 9.92. The van der Waals surface area contributed by atoms with Gasteiger partial charge in [-0.15, -0.1) is 10.2 Å². The minimum atomic E-state index is 0.403. The Labute approximate surface area is 112 Å². The quantitative estimate of drug-likeness (QED) is 0.839. The predicted molar refractivity (Wildman–Crippen MR) is 71.9 cm³/mol. The molecule has 17 heavy (non-hydrogen) atoms. The fraction of sp³-hybridized carbons (Fsp3) is 0.667. The van der Waals surface area contributed by atoms with E-state index in [4.69, 9.17) is 23.2 Å². The van der Waals surface area contributed by atoms with Crippen LogP contribution in [-0.2, 0) is 0 Å². The normalized spacial score (nSPS) is 17.5. The second-order valence-corrected chi connectivity index (χ2v) is 5.31. The highest BCUT2D eigenvalue weighted by molar-refractivity contribution is 6.33. The Bertz CT molecular complexity index is 376. The largest absolute Gasteiger partial charge is 0.369 e. The summed E-state index contributed by atoms with van der Waals surface area (Å²) in [5, 5.41) is 8.44. The van der Waals surface area contributed by atoms with Gasteiger partial charge >= 0.3 is 0 Å². The molecule has 1 aliphatic rings. The zero-order valence-corrected chi connectivity index (χ0v) is 11.5. The summed E-state index contributed by atoms with van der Waals surface area (Å²) in [6.07, 6.45) is 5.05. The van der Waals surface area contributed by atoms with Crippen molar-refractivity contribution in [3.8, 4) is 0 Å². The lowest BCUT2D eigenvalue weighted by molar-refractivity contribution is 0.378. The molecule has 0 bridgehead atoms. The van der Waals surface area contributed by atoms with Crippen LogP contribution in [0.3, 0.4) is 0 Å². The molecule has 1 aromatic rings. The number of rotatable bonds is 3. The molecule has 0 amide bonds. The number of nitrogens with zero attached hydrogens (tertiary/aromatic N) is 3.